The number of rotatable bonds is 4. The molecule has 0 bridgehead atoms. The van der Waals surface area contributed by atoms with Gasteiger partial charge in [-0.2, -0.15) is 5.26 Å². The molecule has 0 spiro atoms. The average Bonchev–Trinajstić information content (AvgIpc) is 3.24. The molecule has 2 N–H and O–H groups in total. The Kier molecular flexibility index (Phi) is 4.60. The third-order valence-electron chi connectivity index (χ3n) is 5.28. The maximum absolute atomic E-state index is 14.1. The van der Waals surface area contributed by atoms with Crippen LogP contribution in [-0.4, -0.2) is 6.79 Å². The van der Waals surface area contributed by atoms with Crippen molar-refractivity contribution in [3.63, 3.8) is 0 Å². The highest BCUT2D eigenvalue weighted by Gasteiger charge is 2.34. The predicted octanol–water partition coefficient (Wildman–Crippen LogP) is 4.35. The molecule has 3 aromatic carbocycles. The molecule has 0 amide bonds. The first-order valence-electron chi connectivity index (χ1n) is 9.62. The minimum Gasteiger partial charge on any atom is -0.488 e. The van der Waals surface area contributed by atoms with Crippen LogP contribution in [0.1, 0.15) is 22.6 Å². The molecule has 2 aliphatic heterocycles. The number of nitrogens with two attached hydrogens (primary N) is 1. The molecule has 0 radical (unpaired) electrons. The minimum atomic E-state index is -0.542. The normalized spacial score (nSPS) is 16.3. The van der Waals surface area contributed by atoms with E-state index in [4.69, 9.17) is 24.7 Å². The van der Waals surface area contributed by atoms with Gasteiger partial charge in [-0.3, -0.25) is 0 Å². The van der Waals surface area contributed by atoms with Gasteiger partial charge in [-0.05, 0) is 18.2 Å². The molecule has 6 nitrogen and oxygen atoms in total. The highest BCUT2D eigenvalue weighted by Crippen LogP contribution is 2.49. The van der Waals surface area contributed by atoms with Crippen molar-refractivity contribution < 1.29 is 23.3 Å². The van der Waals surface area contributed by atoms with E-state index < -0.39 is 5.92 Å². The van der Waals surface area contributed by atoms with Crippen LogP contribution in [0, 0.1) is 17.1 Å². The fourth-order valence-corrected chi connectivity index (χ4v) is 3.79. The van der Waals surface area contributed by atoms with Crippen LogP contribution < -0.4 is 24.7 Å². The number of fused-ring (bicyclic) bond motifs is 2. The number of ether oxygens (including phenoxy) is 4. The molecule has 0 aliphatic carbocycles. The van der Waals surface area contributed by atoms with E-state index in [1.165, 1.54) is 6.07 Å². The number of allylic oxidation sites excluding steroid dienone is 1. The van der Waals surface area contributed by atoms with E-state index >= 15 is 0 Å². The van der Waals surface area contributed by atoms with E-state index in [1.807, 2.05) is 18.2 Å². The molecule has 154 valence electrons. The van der Waals surface area contributed by atoms with E-state index in [1.54, 1.807) is 36.4 Å². The molecule has 2 heterocycles. The zero-order valence-corrected chi connectivity index (χ0v) is 16.3. The molecule has 0 fully saturated rings. The summed E-state index contributed by atoms with van der Waals surface area (Å²) >= 11 is 0. The predicted molar refractivity (Wildman–Crippen MR) is 109 cm³/mol. The molecule has 2 aliphatic rings. The average molecular weight is 416 g/mol. The molecule has 1 atom stereocenters. The molecule has 7 heteroatoms. The lowest BCUT2D eigenvalue weighted by atomic mass is 9.83. The van der Waals surface area contributed by atoms with Gasteiger partial charge < -0.3 is 24.7 Å². The van der Waals surface area contributed by atoms with Crippen molar-refractivity contribution in [2.24, 2.45) is 5.73 Å². The summed E-state index contributed by atoms with van der Waals surface area (Å²) in [7, 11) is 0. The lowest BCUT2D eigenvalue weighted by Crippen LogP contribution is -2.21. The smallest absolute Gasteiger partial charge is 0.231 e. The highest BCUT2D eigenvalue weighted by molar-refractivity contribution is 5.63. The summed E-state index contributed by atoms with van der Waals surface area (Å²) in [5.41, 5.74) is 8.19. The summed E-state index contributed by atoms with van der Waals surface area (Å²) in [5, 5.41) is 9.83. The Morgan fingerprint density at radius 3 is 2.55 bits per heavy atom. The quantitative estimate of drug-likeness (QED) is 0.680. The maximum atomic E-state index is 14.1. The second-order valence-electron chi connectivity index (χ2n) is 7.09. The van der Waals surface area contributed by atoms with Gasteiger partial charge in [0.15, 0.2) is 11.5 Å². The van der Waals surface area contributed by atoms with Crippen molar-refractivity contribution in [1.82, 2.24) is 0 Å². The molecule has 0 aromatic heterocycles. The Labute approximate surface area is 177 Å². The van der Waals surface area contributed by atoms with Gasteiger partial charge in [0.2, 0.25) is 12.7 Å². The van der Waals surface area contributed by atoms with Crippen LogP contribution in [0.3, 0.4) is 0 Å². The van der Waals surface area contributed by atoms with Gasteiger partial charge in [0.05, 0.1) is 5.92 Å². The van der Waals surface area contributed by atoms with Gasteiger partial charge in [-0.25, -0.2) is 4.39 Å². The van der Waals surface area contributed by atoms with Crippen LogP contribution in [-0.2, 0) is 6.61 Å². The summed E-state index contributed by atoms with van der Waals surface area (Å²) < 4.78 is 36.7. The standard InChI is InChI=1S/C24H17FN2O4/c25-18-7-3-1-5-14(18)12-28-19-8-4-2-6-15(19)23-16-9-21-22(30-13-29-21)10-20(16)31-24(27)17(23)11-26/h1-10,23H,12-13,27H2/t23-/m1/s1. The molecule has 0 saturated carbocycles. The summed E-state index contributed by atoms with van der Waals surface area (Å²) in [5.74, 6) is 1.25. The zero-order chi connectivity index (χ0) is 21.4. The van der Waals surface area contributed by atoms with Crippen LogP contribution in [0.5, 0.6) is 23.0 Å². The van der Waals surface area contributed by atoms with Gasteiger partial charge in [0, 0.05) is 22.8 Å². The second-order valence-corrected chi connectivity index (χ2v) is 7.09. The largest absolute Gasteiger partial charge is 0.488 e. The fraction of sp³-hybridized carbons (Fsp3) is 0.125. The van der Waals surface area contributed by atoms with Crippen LogP contribution in [0.25, 0.3) is 0 Å². The highest BCUT2D eigenvalue weighted by atomic mass is 19.1. The summed E-state index contributed by atoms with van der Waals surface area (Å²) in [4.78, 5) is 0. The molecular weight excluding hydrogens is 399 g/mol. The van der Waals surface area contributed by atoms with E-state index in [-0.39, 0.29) is 30.7 Å². The van der Waals surface area contributed by atoms with Crippen LogP contribution in [0.4, 0.5) is 4.39 Å². The Bertz CT molecular complexity index is 1250. The topological polar surface area (TPSA) is 86.7 Å². The minimum absolute atomic E-state index is 0.0165. The Morgan fingerprint density at radius 2 is 1.74 bits per heavy atom. The van der Waals surface area contributed by atoms with Gasteiger partial charge >= 0.3 is 0 Å². The van der Waals surface area contributed by atoms with Crippen molar-refractivity contribution in [3.8, 4) is 29.1 Å². The zero-order valence-electron chi connectivity index (χ0n) is 16.3. The SMILES string of the molecule is N#CC1=C(N)Oc2cc3c(cc2[C@H]1c1ccccc1OCc1ccccc1F)OCO3. The molecule has 0 saturated heterocycles. The molecule has 0 unspecified atom stereocenters. The Morgan fingerprint density at radius 1 is 1.00 bits per heavy atom. The Balaban J connectivity index is 1.58. The van der Waals surface area contributed by atoms with Gasteiger partial charge in [-0.15, -0.1) is 0 Å². The fourth-order valence-electron chi connectivity index (χ4n) is 3.79. The van der Waals surface area contributed by atoms with Crippen LogP contribution >= 0.6 is 0 Å². The van der Waals surface area contributed by atoms with Crippen molar-refractivity contribution >= 4 is 0 Å². The number of benzene rings is 3. The third kappa shape index (κ3) is 3.28. The van der Waals surface area contributed by atoms with Crippen molar-refractivity contribution in [2.75, 3.05) is 6.79 Å². The lowest BCUT2D eigenvalue weighted by Gasteiger charge is -2.28. The first kappa shape index (κ1) is 18.8. The summed E-state index contributed by atoms with van der Waals surface area (Å²) in [6.07, 6.45) is 0. The number of hydrogen-bond donors (Lipinski definition) is 1. The summed E-state index contributed by atoms with van der Waals surface area (Å²) in [6, 6.07) is 19.4. The van der Waals surface area contributed by atoms with Gasteiger partial charge in [0.25, 0.3) is 0 Å². The lowest BCUT2D eigenvalue weighted by molar-refractivity contribution is 0.174. The second kappa shape index (κ2) is 7.58. The van der Waals surface area contributed by atoms with E-state index in [0.29, 0.717) is 39.7 Å². The molecule has 5 rings (SSSR count). The first-order valence-corrected chi connectivity index (χ1v) is 9.62. The summed E-state index contributed by atoms with van der Waals surface area (Å²) in [6.45, 7) is 0.154. The first-order chi connectivity index (χ1) is 15.2. The van der Waals surface area contributed by atoms with E-state index in [2.05, 4.69) is 6.07 Å². The third-order valence-corrected chi connectivity index (χ3v) is 5.28. The van der Waals surface area contributed by atoms with Crippen molar-refractivity contribution in [2.45, 2.75) is 12.5 Å². The molecule has 3 aromatic rings. The number of para-hydroxylation sites is 1. The molecular formula is C24H17FN2O4. The van der Waals surface area contributed by atoms with Gasteiger partial charge in [-0.1, -0.05) is 36.4 Å². The number of nitrogens with zero attached hydrogens (tertiary/aromatic N) is 1. The monoisotopic (exact) mass is 416 g/mol. The van der Waals surface area contributed by atoms with Gasteiger partial charge in [0.1, 0.15) is 35.6 Å². The maximum Gasteiger partial charge on any atom is 0.231 e. The van der Waals surface area contributed by atoms with Crippen molar-refractivity contribution in [1.29, 1.82) is 5.26 Å². The molecule has 31 heavy (non-hydrogen) atoms. The van der Waals surface area contributed by atoms with Crippen molar-refractivity contribution in [3.05, 3.63) is 94.6 Å². The van der Waals surface area contributed by atoms with Crippen LogP contribution in [0.15, 0.2) is 72.1 Å². The Hall–Kier alpha value is -4.18. The number of halogens is 1. The number of hydrogen-bond acceptors (Lipinski definition) is 6. The van der Waals surface area contributed by atoms with Crippen LogP contribution in [0.2, 0.25) is 0 Å². The number of nitriles is 1. The van der Waals surface area contributed by atoms with E-state index in [0.717, 1.165) is 0 Å². The van der Waals surface area contributed by atoms with E-state index in [9.17, 15) is 9.65 Å².